The molecule has 0 aliphatic rings. The van der Waals surface area contributed by atoms with Crippen molar-refractivity contribution in [3.05, 3.63) is 64.4 Å². The van der Waals surface area contributed by atoms with Crippen molar-refractivity contribution >= 4 is 35.1 Å². The van der Waals surface area contributed by atoms with Crippen LogP contribution in [0.2, 0.25) is 5.02 Å². The fourth-order valence-corrected chi connectivity index (χ4v) is 2.59. The molecule has 0 saturated heterocycles. The van der Waals surface area contributed by atoms with Crippen molar-refractivity contribution in [1.82, 2.24) is 5.32 Å². The van der Waals surface area contributed by atoms with Gasteiger partial charge in [-0.15, -0.1) is 0 Å². The number of nitrogens with one attached hydrogen (secondary N) is 2. The van der Waals surface area contributed by atoms with Crippen LogP contribution in [-0.4, -0.2) is 24.3 Å². The highest BCUT2D eigenvalue weighted by Crippen LogP contribution is 2.18. The number of aryl methyl sites for hydroxylation is 1. The molecule has 2 amide bonds. The maximum atomic E-state index is 13.4. The number of hydrogen-bond acceptors (Lipinski definition) is 3. The van der Waals surface area contributed by atoms with Gasteiger partial charge in [-0.3, -0.25) is 14.6 Å². The Labute approximate surface area is 167 Å². The first-order valence-electron chi connectivity index (χ1n) is 8.53. The zero-order chi connectivity index (χ0) is 20.5. The molecule has 9 heteroatoms. The first kappa shape index (κ1) is 21.2. The van der Waals surface area contributed by atoms with Gasteiger partial charge in [0.15, 0.2) is 5.96 Å². The van der Waals surface area contributed by atoms with Crippen LogP contribution in [0.1, 0.15) is 17.5 Å². The van der Waals surface area contributed by atoms with E-state index in [1.54, 1.807) is 0 Å². The first-order valence-corrected chi connectivity index (χ1v) is 8.91. The predicted molar refractivity (Wildman–Crippen MR) is 107 cm³/mol. The number of benzene rings is 2. The van der Waals surface area contributed by atoms with Gasteiger partial charge in [0.25, 0.3) is 0 Å². The number of nitrogens with zero attached hydrogens (tertiary/aromatic N) is 1. The normalized spacial score (nSPS) is 10.2. The number of rotatable bonds is 7. The second kappa shape index (κ2) is 10.3. The van der Waals surface area contributed by atoms with E-state index in [0.29, 0.717) is 6.54 Å². The average molecular weight is 406 g/mol. The Bertz CT molecular complexity index is 884. The number of hydrogen-bond donors (Lipinski definition) is 4. The minimum atomic E-state index is -0.896. The number of carbonyl (C=O) groups is 2. The standard InChI is InChI=1S/C19H21ClFN5O2/c20-15-8-7-14(10-16(15)21)26-18(28)17(27)25-11-13-5-2-1-4-12(13)6-3-9-24-19(22)23/h1-2,4-5,7-8,10H,3,6,9,11H2,(H,25,27)(H,26,28)(H4,22,23,24). The maximum Gasteiger partial charge on any atom is 0.313 e. The Morgan fingerprint density at radius 2 is 1.79 bits per heavy atom. The van der Waals surface area contributed by atoms with Crippen molar-refractivity contribution in [1.29, 1.82) is 0 Å². The molecule has 0 unspecified atom stereocenters. The molecule has 28 heavy (non-hydrogen) atoms. The van der Waals surface area contributed by atoms with E-state index in [2.05, 4.69) is 15.6 Å². The highest BCUT2D eigenvalue weighted by molar-refractivity contribution is 6.39. The molecule has 0 saturated carbocycles. The number of nitrogens with two attached hydrogens (primary N) is 2. The summed E-state index contributed by atoms with van der Waals surface area (Å²) in [6.07, 6.45) is 1.46. The Hall–Kier alpha value is -3.13. The first-order chi connectivity index (χ1) is 13.4. The van der Waals surface area contributed by atoms with Gasteiger partial charge in [-0.25, -0.2) is 4.39 Å². The van der Waals surface area contributed by atoms with Crippen LogP contribution >= 0.6 is 11.6 Å². The van der Waals surface area contributed by atoms with Gasteiger partial charge in [-0.05, 0) is 42.2 Å². The quantitative estimate of drug-likeness (QED) is 0.243. The molecule has 0 aliphatic heterocycles. The molecular weight excluding hydrogens is 385 g/mol. The van der Waals surface area contributed by atoms with Crippen LogP contribution in [0.15, 0.2) is 47.5 Å². The summed E-state index contributed by atoms with van der Waals surface area (Å²) >= 11 is 5.59. The maximum absolute atomic E-state index is 13.4. The second-order valence-corrected chi connectivity index (χ2v) is 6.35. The molecular formula is C19H21ClFN5O2. The molecule has 0 radical (unpaired) electrons. The van der Waals surface area contributed by atoms with Crippen LogP contribution in [0.3, 0.4) is 0 Å². The van der Waals surface area contributed by atoms with Crippen molar-refractivity contribution in [2.45, 2.75) is 19.4 Å². The van der Waals surface area contributed by atoms with E-state index in [9.17, 15) is 14.0 Å². The summed E-state index contributed by atoms with van der Waals surface area (Å²) in [5.74, 6) is -2.36. The van der Waals surface area contributed by atoms with Gasteiger partial charge in [0.1, 0.15) is 5.82 Å². The van der Waals surface area contributed by atoms with Crippen LogP contribution in [0, 0.1) is 5.82 Å². The van der Waals surface area contributed by atoms with Gasteiger partial charge in [0.05, 0.1) is 5.02 Å². The highest BCUT2D eigenvalue weighted by Gasteiger charge is 2.15. The molecule has 0 spiro atoms. The third kappa shape index (κ3) is 6.55. The van der Waals surface area contributed by atoms with Crippen LogP contribution in [-0.2, 0) is 22.6 Å². The topological polar surface area (TPSA) is 123 Å². The minimum Gasteiger partial charge on any atom is -0.370 e. The van der Waals surface area contributed by atoms with E-state index in [-0.39, 0.29) is 23.2 Å². The summed E-state index contributed by atoms with van der Waals surface area (Å²) in [6, 6.07) is 11.3. The molecule has 0 atom stereocenters. The summed E-state index contributed by atoms with van der Waals surface area (Å²) in [6.45, 7) is 0.683. The van der Waals surface area contributed by atoms with Crippen molar-refractivity contribution in [2.75, 3.05) is 11.9 Å². The summed E-state index contributed by atoms with van der Waals surface area (Å²) in [4.78, 5) is 27.9. The zero-order valence-electron chi connectivity index (χ0n) is 15.0. The van der Waals surface area contributed by atoms with Gasteiger partial charge >= 0.3 is 11.8 Å². The summed E-state index contributed by atoms with van der Waals surface area (Å²) in [7, 11) is 0. The monoisotopic (exact) mass is 405 g/mol. The molecule has 148 valence electrons. The SMILES string of the molecule is NC(N)=NCCCc1ccccc1CNC(=O)C(=O)Nc1ccc(Cl)c(F)c1. The number of guanidine groups is 1. The molecule has 2 rings (SSSR count). The van der Waals surface area contributed by atoms with Crippen LogP contribution in [0.25, 0.3) is 0 Å². The second-order valence-electron chi connectivity index (χ2n) is 5.94. The summed E-state index contributed by atoms with van der Waals surface area (Å²) in [5, 5.41) is 4.81. The molecule has 2 aromatic rings. The molecule has 6 N–H and O–H groups in total. The third-order valence-electron chi connectivity index (χ3n) is 3.84. The van der Waals surface area contributed by atoms with E-state index < -0.39 is 17.6 Å². The number of anilines is 1. The van der Waals surface area contributed by atoms with Gasteiger partial charge < -0.3 is 22.1 Å². The molecule has 0 aromatic heterocycles. The molecule has 0 fully saturated rings. The summed E-state index contributed by atoms with van der Waals surface area (Å²) in [5.41, 5.74) is 12.6. The van der Waals surface area contributed by atoms with Crippen LogP contribution in [0.4, 0.5) is 10.1 Å². The minimum absolute atomic E-state index is 0.0483. The molecule has 0 bridgehead atoms. The largest absolute Gasteiger partial charge is 0.370 e. The van der Waals surface area contributed by atoms with Crippen molar-refractivity contribution in [2.24, 2.45) is 16.5 Å². The Kier molecular flexibility index (Phi) is 7.76. The van der Waals surface area contributed by atoms with Crippen LogP contribution in [0.5, 0.6) is 0 Å². The fraction of sp³-hybridized carbons (Fsp3) is 0.211. The third-order valence-corrected chi connectivity index (χ3v) is 4.15. The van der Waals surface area contributed by atoms with E-state index >= 15 is 0 Å². The van der Waals surface area contributed by atoms with E-state index in [1.807, 2.05) is 24.3 Å². The summed E-state index contributed by atoms with van der Waals surface area (Å²) < 4.78 is 13.4. The van der Waals surface area contributed by atoms with Gasteiger partial charge in [0.2, 0.25) is 0 Å². The Balaban J connectivity index is 1.90. The van der Waals surface area contributed by atoms with Crippen molar-refractivity contribution < 1.29 is 14.0 Å². The van der Waals surface area contributed by atoms with Crippen molar-refractivity contribution in [3.63, 3.8) is 0 Å². The molecule has 7 nitrogen and oxygen atoms in total. The number of amides is 2. The van der Waals surface area contributed by atoms with E-state index in [0.717, 1.165) is 30.0 Å². The number of carbonyl (C=O) groups excluding carboxylic acids is 2. The van der Waals surface area contributed by atoms with Gasteiger partial charge in [0, 0.05) is 18.8 Å². The van der Waals surface area contributed by atoms with E-state index in [4.69, 9.17) is 23.1 Å². The average Bonchev–Trinajstić information content (AvgIpc) is 2.66. The molecule has 2 aromatic carbocycles. The lowest BCUT2D eigenvalue weighted by Crippen LogP contribution is -2.35. The van der Waals surface area contributed by atoms with Crippen LogP contribution < -0.4 is 22.1 Å². The lowest BCUT2D eigenvalue weighted by Gasteiger charge is -2.11. The van der Waals surface area contributed by atoms with Gasteiger partial charge in [-0.2, -0.15) is 0 Å². The number of halogens is 2. The lowest BCUT2D eigenvalue weighted by molar-refractivity contribution is -0.136. The van der Waals surface area contributed by atoms with Crippen molar-refractivity contribution in [3.8, 4) is 0 Å². The molecule has 0 aliphatic carbocycles. The van der Waals surface area contributed by atoms with E-state index in [1.165, 1.54) is 12.1 Å². The van der Waals surface area contributed by atoms with Gasteiger partial charge in [-0.1, -0.05) is 35.9 Å². The Morgan fingerprint density at radius 1 is 1.07 bits per heavy atom. The predicted octanol–water partition coefficient (Wildman–Crippen LogP) is 1.94. The lowest BCUT2D eigenvalue weighted by atomic mass is 10.0. The zero-order valence-corrected chi connectivity index (χ0v) is 15.8. The number of aliphatic imine (C=N–C) groups is 1. The smallest absolute Gasteiger partial charge is 0.313 e. The molecule has 0 heterocycles. The Morgan fingerprint density at radius 3 is 2.46 bits per heavy atom. The highest BCUT2D eigenvalue weighted by atomic mass is 35.5. The fourth-order valence-electron chi connectivity index (χ4n) is 2.47.